The molecule has 0 saturated heterocycles. The largest absolute Gasteiger partial charge is 0.348 e. The first kappa shape index (κ1) is 20.2. The van der Waals surface area contributed by atoms with Crippen LogP contribution in [0.4, 0.5) is 0 Å². The van der Waals surface area contributed by atoms with E-state index in [1.807, 2.05) is 54.4 Å². The third kappa shape index (κ3) is 3.98. The van der Waals surface area contributed by atoms with Crippen LogP contribution in [-0.2, 0) is 11.3 Å². The van der Waals surface area contributed by atoms with Crippen molar-refractivity contribution >= 4 is 23.4 Å². The molecule has 154 valence electrons. The average molecular weight is 422 g/mol. The molecule has 3 aromatic rings. The third-order valence-corrected chi connectivity index (χ3v) is 5.78. The van der Waals surface area contributed by atoms with Crippen molar-refractivity contribution in [3.63, 3.8) is 0 Å². The molecule has 6 heteroatoms. The molecule has 5 nitrogen and oxygen atoms in total. The lowest BCUT2D eigenvalue weighted by Gasteiger charge is -2.38. The van der Waals surface area contributed by atoms with Crippen molar-refractivity contribution in [3.05, 3.63) is 94.8 Å². The number of likely N-dealkylation sites (N-methyl/N-ethyl adjacent to an activating group) is 1. The number of fused-ring (bicyclic) bond motifs is 1. The number of amides is 2. The van der Waals surface area contributed by atoms with Crippen molar-refractivity contribution in [2.24, 2.45) is 0 Å². The van der Waals surface area contributed by atoms with Gasteiger partial charge in [-0.2, -0.15) is 0 Å². The first-order chi connectivity index (χ1) is 14.6. The van der Waals surface area contributed by atoms with E-state index in [4.69, 9.17) is 11.6 Å². The predicted octanol–water partition coefficient (Wildman–Crippen LogP) is 4.24. The van der Waals surface area contributed by atoms with Gasteiger partial charge >= 0.3 is 0 Å². The molecule has 1 aliphatic heterocycles. The summed E-state index contributed by atoms with van der Waals surface area (Å²) in [6, 6.07) is 20.8. The number of hydrogen-bond donors (Lipinski definition) is 0. The summed E-state index contributed by atoms with van der Waals surface area (Å²) in [6.07, 6.45) is 2.05. The number of nitrogens with zero attached hydrogens (tertiary/aromatic N) is 3. The van der Waals surface area contributed by atoms with Gasteiger partial charge in [0.25, 0.3) is 5.91 Å². The van der Waals surface area contributed by atoms with E-state index in [-0.39, 0.29) is 24.4 Å². The summed E-state index contributed by atoms with van der Waals surface area (Å²) in [6.45, 7) is 3.70. The highest BCUT2D eigenvalue weighted by Crippen LogP contribution is 2.32. The van der Waals surface area contributed by atoms with Crippen molar-refractivity contribution in [2.75, 3.05) is 19.6 Å². The summed E-state index contributed by atoms with van der Waals surface area (Å²) in [4.78, 5) is 29.8. The monoisotopic (exact) mass is 421 g/mol. The molecule has 0 radical (unpaired) electrons. The van der Waals surface area contributed by atoms with Gasteiger partial charge in [-0.25, -0.2) is 0 Å². The molecular weight excluding hydrogens is 398 g/mol. The van der Waals surface area contributed by atoms with Gasteiger partial charge in [-0.05, 0) is 42.8 Å². The van der Waals surface area contributed by atoms with E-state index in [1.165, 1.54) is 0 Å². The van der Waals surface area contributed by atoms with Crippen LogP contribution >= 0.6 is 11.6 Å². The van der Waals surface area contributed by atoms with E-state index in [0.29, 0.717) is 23.7 Å². The summed E-state index contributed by atoms with van der Waals surface area (Å²) in [5.41, 5.74) is 2.64. The highest BCUT2D eigenvalue weighted by Gasteiger charge is 2.33. The second-order valence-corrected chi connectivity index (χ2v) is 7.79. The average Bonchev–Trinajstić information content (AvgIpc) is 3.25. The molecule has 1 aromatic heterocycles. The summed E-state index contributed by atoms with van der Waals surface area (Å²) in [5.74, 6) is -0.251. The molecule has 4 rings (SSSR count). The number of rotatable bonds is 5. The SMILES string of the molecule is CCN(CC(=O)N1CCn2cccc2C1c1ccccc1)C(=O)c1cccc(Cl)c1. The summed E-state index contributed by atoms with van der Waals surface area (Å²) < 4.78 is 2.19. The fourth-order valence-electron chi connectivity index (χ4n) is 4.02. The van der Waals surface area contributed by atoms with Crippen molar-refractivity contribution in [1.29, 1.82) is 0 Å². The fraction of sp³-hybridized carbons (Fsp3) is 0.250. The van der Waals surface area contributed by atoms with Gasteiger partial charge in [0.2, 0.25) is 5.91 Å². The molecule has 0 spiro atoms. The van der Waals surface area contributed by atoms with Crippen LogP contribution < -0.4 is 0 Å². The minimum absolute atomic E-state index is 0.0336. The van der Waals surface area contributed by atoms with Crippen LogP contribution in [0.15, 0.2) is 72.9 Å². The maximum Gasteiger partial charge on any atom is 0.254 e. The maximum absolute atomic E-state index is 13.4. The van der Waals surface area contributed by atoms with Gasteiger partial charge in [0.1, 0.15) is 6.54 Å². The molecular formula is C24H24ClN3O2. The van der Waals surface area contributed by atoms with E-state index >= 15 is 0 Å². The molecule has 0 N–H and O–H groups in total. The minimum atomic E-state index is -0.190. The smallest absolute Gasteiger partial charge is 0.254 e. The molecule has 2 aromatic carbocycles. The normalized spacial score (nSPS) is 15.5. The van der Waals surface area contributed by atoms with E-state index in [0.717, 1.165) is 17.8 Å². The molecule has 0 fully saturated rings. The summed E-state index contributed by atoms with van der Waals surface area (Å²) in [5, 5.41) is 0.504. The molecule has 1 atom stereocenters. The van der Waals surface area contributed by atoms with Crippen molar-refractivity contribution in [3.8, 4) is 0 Å². The highest BCUT2D eigenvalue weighted by molar-refractivity contribution is 6.31. The van der Waals surface area contributed by atoms with Crippen molar-refractivity contribution < 1.29 is 9.59 Å². The van der Waals surface area contributed by atoms with Crippen LogP contribution in [0.2, 0.25) is 5.02 Å². The zero-order valence-corrected chi connectivity index (χ0v) is 17.6. The molecule has 0 bridgehead atoms. The molecule has 1 aliphatic rings. The van der Waals surface area contributed by atoms with Crippen LogP contribution in [0, 0.1) is 0 Å². The Kier molecular flexibility index (Phi) is 5.91. The Bertz CT molecular complexity index is 1050. The standard InChI is InChI=1S/C24H24ClN3O2/c1-2-26(24(30)19-10-6-11-20(25)16-19)17-22(29)28-15-14-27-13-7-12-21(27)23(28)18-8-4-3-5-9-18/h3-13,16,23H,2,14-15,17H2,1H3. The molecule has 0 aliphatic carbocycles. The predicted molar refractivity (Wildman–Crippen MR) is 117 cm³/mol. The number of hydrogen-bond acceptors (Lipinski definition) is 2. The number of carbonyl (C=O) groups is 2. The Morgan fingerprint density at radius 1 is 1.03 bits per heavy atom. The summed E-state index contributed by atoms with van der Waals surface area (Å²) in [7, 11) is 0. The Balaban J connectivity index is 1.59. The zero-order chi connectivity index (χ0) is 21.1. The molecule has 30 heavy (non-hydrogen) atoms. The van der Waals surface area contributed by atoms with Gasteiger partial charge in [-0.3, -0.25) is 9.59 Å². The third-order valence-electron chi connectivity index (χ3n) is 5.54. The lowest BCUT2D eigenvalue weighted by molar-refractivity contribution is -0.134. The van der Waals surface area contributed by atoms with Crippen LogP contribution in [0.25, 0.3) is 0 Å². The van der Waals surface area contributed by atoms with Gasteiger partial charge in [-0.1, -0.05) is 48.0 Å². The zero-order valence-electron chi connectivity index (χ0n) is 16.9. The minimum Gasteiger partial charge on any atom is -0.348 e. The highest BCUT2D eigenvalue weighted by atomic mass is 35.5. The fourth-order valence-corrected chi connectivity index (χ4v) is 4.21. The van der Waals surface area contributed by atoms with Gasteiger partial charge in [-0.15, -0.1) is 0 Å². The van der Waals surface area contributed by atoms with Gasteiger partial charge < -0.3 is 14.4 Å². The summed E-state index contributed by atoms with van der Waals surface area (Å²) >= 11 is 6.04. The van der Waals surface area contributed by atoms with Crippen LogP contribution in [0.3, 0.4) is 0 Å². The van der Waals surface area contributed by atoms with Crippen LogP contribution in [0.5, 0.6) is 0 Å². The second kappa shape index (κ2) is 8.76. The maximum atomic E-state index is 13.4. The van der Waals surface area contributed by atoms with E-state index < -0.39 is 0 Å². The Hall–Kier alpha value is -3.05. The lowest BCUT2D eigenvalue weighted by Crippen LogP contribution is -2.48. The Morgan fingerprint density at radius 2 is 1.83 bits per heavy atom. The van der Waals surface area contributed by atoms with Gasteiger partial charge in [0, 0.05) is 42.1 Å². The van der Waals surface area contributed by atoms with Crippen molar-refractivity contribution in [2.45, 2.75) is 19.5 Å². The number of benzene rings is 2. The van der Waals surface area contributed by atoms with E-state index in [2.05, 4.69) is 10.6 Å². The number of aromatic nitrogens is 1. The molecule has 2 amide bonds. The van der Waals surface area contributed by atoms with Crippen LogP contribution in [-0.4, -0.2) is 45.8 Å². The van der Waals surface area contributed by atoms with Gasteiger partial charge in [0.15, 0.2) is 0 Å². The first-order valence-corrected chi connectivity index (χ1v) is 10.5. The van der Waals surface area contributed by atoms with E-state index in [9.17, 15) is 9.59 Å². The lowest BCUT2D eigenvalue weighted by atomic mass is 10.00. The number of carbonyl (C=O) groups excluding carboxylic acids is 2. The second-order valence-electron chi connectivity index (χ2n) is 7.36. The first-order valence-electron chi connectivity index (χ1n) is 10.1. The Labute approximate surface area is 181 Å². The molecule has 1 unspecified atom stereocenters. The molecule has 2 heterocycles. The Morgan fingerprint density at radius 3 is 2.57 bits per heavy atom. The van der Waals surface area contributed by atoms with Crippen molar-refractivity contribution in [1.82, 2.24) is 14.4 Å². The topological polar surface area (TPSA) is 45.6 Å². The molecule has 0 saturated carbocycles. The van der Waals surface area contributed by atoms with Gasteiger partial charge in [0.05, 0.1) is 6.04 Å². The van der Waals surface area contributed by atoms with Crippen LogP contribution in [0.1, 0.15) is 34.6 Å². The quantitative estimate of drug-likeness (QED) is 0.618. The number of halogens is 1. The van der Waals surface area contributed by atoms with E-state index in [1.54, 1.807) is 29.2 Å².